The molecule has 0 aliphatic rings. The first kappa shape index (κ1) is 15.3. The molecule has 0 atom stereocenters. The van der Waals surface area contributed by atoms with Gasteiger partial charge >= 0.3 is 0 Å². The number of nitrogens with zero attached hydrogens (tertiary/aromatic N) is 1. The van der Waals surface area contributed by atoms with Crippen molar-refractivity contribution >= 4 is 15.8 Å². The van der Waals surface area contributed by atoms with E-state index in [1.807, 2.05) is 13.8 Å². The lowest BCUT2D eigenvalue weighted by atomic mass is 10.1. The van der Waals surface area contributed by atoms with Crippen LogP contribution < -0.4 is 9.46 Å². The Kier molecular flexibility index (Phi) is 4.18. The average molecular weight is 306 g/mol. The SMILES string of the molecule is COc1ccc(S(=O)(=O)Nc2cc(C)ccn2)c(C)c1C. The molecule has 0 fully saturated rings. The minimum absolute atomic E-state index is 0.226. The lowest BCUT2D eigenvalue weighted by Crippen LogP contribution is -2.15. The lowest BCUT2D eigenvalue weighted by molar-refractivity contribution is 0.411. The second kappa shape index (κ2) is 5.73. The molecule has 1 aromatic heterocycles. The standard InChI is InChI=1S/C15H18N2O3S/c1-10-7-8-16-15(9-10)17-21(18,19)14-6-5-13(20-4)11(2)12(14)3/h5-9H,1-4H3,(H,16,17). The number of anilines is 1. The highest BCUT2D eigenvalue weighted by Gasteiger charge is 2.20. The number of pyridine rings is 1. The van der Waals surface area contributed by atoms with Crippen molar-refractivity contribution in [1.29, 1.82) is 0 Å². The number of aryl methyl sites for hydroxylation is 1. The van der Waals surface area contributed by atoms with Crippen molar-refractivity contribution in [3.8, 4) is 5.75 Å². The summed E-state index contributed by atoms with van der Waals surface area (Å²) in [5.41, 5.74) is 2.40. The molecule has 1 aromatic carbocycles. The Hall–Kier alpha value is -2.08. The zero-order valence-corrected chi connectivity index (χ0v) is 13.3. The fourth-order valence-corrected chi connectivity index (χ4v) is 3.37. The van der Waals surface area contributed by atoms with Crippen molar-refractivity contribution in [2.75, 3.05) is 11.8 Å². The Balaban J connectivity index is 2.43. The number of hydrogen-bond acceptors (Lipinski definition) is 4. The van der Waals surface area contributed by atoms with Gasteiger partial charge in [0.1, 0.15) is 11.6 Å². The maximum atomic E-state index is 12.5. The summed E-state index contributed by atoms with van der Waals surface area (Å²) >= 11 is 0. The van der Waals surface area contributed by atoms with Crippen molar-refractivity contribution in [3.63, 3.8) is 0 Å². The molecule has 5 nitrogen and oxygen atoms in total. The zero-order chi connectivity index (χ0) is 15.6. The zero-order valence-electron chi connectivity index (χ0n) is 12.5. The quantitative estimate of drug-likeness (QED) is 0.943. The maximum Gasteiger partial charge on any atom is 0.263 e. The first-order valence-corrected chi connectivity index (χ1v) is 7.93. The smallest absolute Gasteiger partial charge is 0.263 e. The highest BCUT2D eigenvalue weighted by molar-refractivity contribution is 7.92. The summed E-state index contributed by atoms with van der Waals surface area (Å²) in [5.74, 6) is 0.975. The van der Waals surface area contributed by atoms with Crippen LogP contribution in [0.1, 0.15) is 16.7 Å². The topological polar surface area (TPSA) is 68.3 Å². The molecule has 112 valence electrons. The van der Waals surface area contributed by atoms with Crippen LogP contribution in [0, 0.1) is 20.8 Å². The molecule has 2 rings (SSSR count). The van der Waals surface area contributed by atoms with Crippen LogP contribution in [0.25, 0.3) is 0 Å². The molecular formula is C15H18N2O3S. The fourth-order valence-electron chi connectivity index (χ4n) is 2.07. The van der Waals surface area contributed by atoms with E-state index in [4.69, 9.17) is 4.74 Å². The number of sulfonamides is 1. The predicted molar refractivity (Wildman–Crippen MR) is 82.3 cm³/mol. The van der Waals surface area contributed by atoms with Gasteiger partial charge in [-0.05, 0) is 61.7 Å². The summed E-state index contributed by atoms with van der Waals surface area (Å²) in [6, 6.07) is 6.68. The number of nitrogens with one attached hydrogen (secondary N) is 1. The normalized spacial score (nSPS) is 11.2. The molecule has 0 saturated carbocycles. The van der Waals surface area contributed by atoms with Crippen molar-refractivity contribution in [2.45, 2.75) is 25.7 Å². The van der Waals surface area contributed by atoms with Crippen molar-refractivity contribution in [2.24, 2.45) is 0 Å². The van der Waals surface area contributed by atoms with Crippen LogP contribution in [0.5, 0.6) is 5.75 Å². The maximum absolute atomic E-state index is 12.5. The van der Waals surface area contributed by atoms with Gasteiger partial charge in [-0.2, -0.15) is 0 Å². The van der Waals surface area contributed by atoms with E-state index in [1.165, 1.54) is 0 Å². The Labute approximate surface area is 125 Å². The Morgan fingerprint density at radius 3 is 2.43 bits per heavy atom. The molecule has 1 N–H and O–H groups in total. The predicted octanol–water partition coefficient (Wildman–Crippen LogP) is 2.82. The van der Waals surface area contributed by atoms with Crippen LogP contribution >= 0.6 is 0 Å². The number of aromatic nitrogens is 1. The third kappa shape index (κ3) is 3.16. The molecule has 0 aliphatic carbocycles. The molecular weight excluding hydrogens is 288 g/mol. The first-order chi connectivity index (χ1) is 9.85. The van der Waals surface area contributed by atoms with Gasteiger partial charge in [0.05, 0.1) is 12.0 Å². The summed E-state index contributed by atoms with van der Waals surface area (Å²) in [6.45, 7) is 5.47. The number of rotatable bonds is 4. The third-order valence-electron chi connectivity index (χ3n) is 3.35. The second-order valence-electron chi connectivity index (χ2n) is 4.84. The molecule has 0 aliphatic heterocycles. The van der Waals surface area contributed by atoms with Gasteiger partial charge in [-0.1, -0.05) is 0 Å². The molecule has 0 spiro atoms. The van der Waals surface area contributed by atoms with Gasteiger partial charge in [0.25, 0.3) is 10.0 Å². The van der Waals surface area contributed by atoms with Gasteiger partial charge in [0.2, 0.25) is 0 Å². The van der Waals surface area contributed by atoms with Crippen molar-refractivity contribution in [1.82, 2.24) is 4.98 Å². The molecule has 6 heteroatoms. The molecule has 21 heavy (non-hydrogen) atoms. The van der Waals surface area contributed by atoms with Gasteiger partial charge in [-0.3, -0.25) is 4.72 Å². The third-order valence-corrected chi connectivity index (χ3v) is 4.85. The van der Waals surface area contributed by atoms with E-state index in [0.717, 1.165) is 11.1 Å². The number of ether oxygens (including phenoxy) is 1. The molecule has 0 radical (unpaired) electrons. The van der Waals surface area contributed by atoms with Gasteiger partial charge in [0, 0.05) is 6.20 Å². The minimum atomic E-state index is -3.68. The van der Waals surface area contributed by atoms with E-state index in [0.29, 0.717) is 17.1 Å². The van der Waals surface area contributed by atoms with E-state index in [9.17, 15) is 8.42 Å². The van der Waals surface area contributed by atoms with E-state index in [2.05, 4.69) is 9.71 Å². The largest absolute Gasteiger partial charge is 0.496 e. The molecule has 0 amide bonds. The fraction of sp³-hybridized carbons (Fsp3) is 0.267. The summed E-state index contributed by atoms with van der Waals surface area (Å²) in [5, 5.41) is 0. The number of benzene rings is 1. The van der Waals surface area contributed by atoms with Crippen LogP contribution in [-0.2, 0) is 10.0 Å². The summed E-state index contributed by atoms with van der Waals surface area (Å²) < 4.78 is 32.7. The van der Waals surface area contributed by atoms with E-state index < -0.39 is 10.0 Å². The summed E-state index contributed by atoms with van der Waals surface area (Å²) in [4.78, 5) is 4.25. The Morgan fingerprint density at radius 2 is 1.81 bits per heavy atom. The van der Waals surface area contributed by atoms with Crippen LogP contribution in [0.4, 0.5) is 5.82 Å². The number of methoxy groups -OCH3 is 1. The average Bonchev–Trinajstić information content (AvgIpc) is 2.41. The molecule has 0 bridgehead atoms. The second-order valence-corrected chi connectivity index (χ2v) is 6.49. The molecule has 2 aromatic rings. The Bertz CT molecular complexity index is 770. The highest BCUT2D eigenvalue weighted by Crippen LogP contribution is 2.27. The lowest BCUT2D eigenvalue weighted by Gasteiger charge is -2.14. The van der Waals surface area contributed by atoms with E-state index in [-0.39, 0.29) is 4.90 Å². The molecule has 0 unspecified atom stereocenters. The summed E-state index contributed by atoms with van der Waals surface area (Å²) in [6.07, 6.45) is 1.57. The van der Waals surface area contributed by atoms with Crippen LogP contribution in [0.3, 0.4) is 0 Å². The van der Waals surface area contributed by atoms with Gasteiger partial charge in [-0.15, -0.1) is 0 Å². The van der Waals surface area contributed by atoms with Crippen molar-refractivity contribution < 1.29 is 13.2 Å². The van der Waals surface area contributed by atoms with Crippen LogP contribution in [0.15, 0.2) is 35.4 Å². The monoisotopic (exact) mass is 306 g/mol. The van der Waals surface area contributed by atoms with Gasteiger partial charge < -0.3 is 4.74 Å². The molecule has 1 heterocycles. The Morgan fingerprint density at radius 1 is 1.10 bits per heavy atom. The van der Waals surface area contributed by atoms with E-state index in [1.54, 1.807) is 44.5 Å². The van der Waals surface area contributed by atoms with Crippen LogP contribution in [0.2, 0.25) is 0 Å². The highest BCUT2D eigenvalue weighted by atomic mass is 32.2. The first-order valence-electron chi connectivity index (χ1n) is 6.45. The van der Waals surface area contributed by atoms with Gasteiger partial charge in [0.15, 0.2) is 0 Å². The minimum Gasteiger partial charge on any atom is -0.496 e. The van der Waals surface area contributed by atoms with E-state index >= 15 is 0 Å². The van der Waals surface area contributed by atoms with Gasteiger partial charge in [-0.25, -0.2) is 13.4 Å². The number of hydrogen-bond donors (Lipinski definition) is 1. The van der Waals surface area contributed by atoms with Crippen molar-refractivity contribution in [3.05, 3.63) is 47.2 Å². The molecule has 0 saturated heterocycles. The summed E-state index contributed by atoms with van der Waals surface area (Å²) in [7, 11) is -2.12. The van der Waals surface area contributed by atoms with Crippen LogP contribution in [-0.4, -0.2) is 20.5 Å².